The highest BCUT2D eigenvalue weighted by atomic mass is 32.1. The van der Waals surface area contributed by atoms with Crippen LogP contribution in [0.4, 0.5) is 10.8 Å². The van der Waals surface area contributed by atoms with Crippen molar-refractivity contribution in [2.24, 2.45) is 0 Å². The van der Waals surface area contributed by atoms with E-state index in [9.17, 15) is 9.90 Å². The predicted molar refractivity (Wildman–Crippen MR) is 92.0 cm³/mol. The molecular formula is C16H20N4O2S. The lowest BCUT2D eigenvalue weighted by Crippen LogP contribution is -2.46. The Morgan fingerprint density at radius 1 is 1.26 bits per heavy atom. The van der Waals surface area contributed by atoms with Crippen LogP contribution in [0.5, 0.6) is 5.75 Å². The first-order valence-corrected chi connectivity index (χ1v) is 8.46. The first-order valence-electron chi connectivity index (χ1n) is 7.58. The quantitative estimate of drug-likeness (QED) is 0.898. The van der Waals surface area contributed by atoms with Gasteiger partial charge in [-0.3, -0.25) is 9.69 Å². The number of carbonyl (C=O) groups excluding carboxylic acids is 1. The van der Waals surface area contributed by atoms with Crippen molar-refractivity contribution in [3.8, 4) is 5.75 Å². The summed E-state index contributed by atoms with van der Waals surface area (Å²) >= 11 is 1.46. The molecule has 1 aromatic heterocycles. The van der Waals surface area contributed by atoms with E-state index in [2.05, 4.69) is 20.1 Å². The van der Waals surface area contributed by atoms with Crippen LogP contribution in [0.2, 0.25) is 0 Å². The topological polar surface area (TPSA) is 68.7 Å². The molecule has 0 aliphatic carbocycles. The van der Waals surface area contributed by atoms with Crippen molar-refractivity contribution in [3.05, 3.63) is 35.3 Å². The molecule has 122 valence electrons. The molecule has 6 nitrogen and oxygen atoms in total. The summed E-state index contributed by atoms with van der Waals surface area (Å²) in [5, 5.41) is 14.7. The Morgan fingerprint density at radius 2 is 1.96 bits per heavy atom. The van der Waals surface area contributed by atoms with E-state index in [-0.39, 0.29) is 5.91 Å². The van der Waals surface area contributed by atoms with E-state index in [4.69, 9.17) is 0 Å². The van der Waals surface area contributed by atoms with Crippen LogP contribution < -0.4 is 10.2 Å². The molecule has 1 aromatic carbocycles. The molecule has 23 heavy (non-hydrogen) atoms. The number of benzene rings is 1. The van der Waals surface area contributed by atoms with E-state index in [1.807, 2.05) is 17.5 Å². The SMILES string of the molecule is CC(=O)Nc1nc(CN2CCN(c3ccc(O)cc3)CC2)cs1. The molecule has 1 fully saturated rings. The summed E-state index contributed by atoms with van der Waals surface area (Å²) in [4.78, 5) is 20.1. The first kappa shape index (κ1) is 15.8. The molecule has 1 amide bonds. The number of phenols is 1. The molecule has 0 atom stereocenters. The average molecular weight is 332 g/mol. The lowest BCUT2D eigenvalue weighted by molar-refractivity contribution is -0.114. The van der Waals surface area contributed by atoms with Gasteiger partial charge in [0.15, 0.2) is 5.13 Å². The molecule has 1 aliphatic rings. The summed E-state index contributed by atoms with van der Waals surface area (Å²) < 4.78 is 0. The van der Waals surface area contributed by atoms with Crippen LogP contribution in [0, 0.1) is 0 Å². The van der Waals surface area contributed by atoms with Gasteiger partial charge in [0, 0.05) is 50.7 Å². The minimum atomic E-state index is -0.0894. The fraction of sp³-hybridized carbons (Fsp3) is 0.375. The van der Waals surface area contributed by atoms with E-state index in [0.29, 0.717) is 10.9 Å². The van der Waals surface area contributed by atoms with Gasteiger partial charge in [0.05, 0.1) is 5.69 Å². The zero-order valence-electron chi connectivity index (χ0n) is 13.0. The van der Waals surface area contributed by atoms with Gasteiger partial charge in [0.2, 0.25) is 5.91 Å². The maximum atomic E-state index is 11.0. The van der Waals surface area contributed by atoms with Crippen molar-refractivity contribution in [2.75, 3.05) is 36.4 Å². The van der Waals surface area contributed by atoms with E-state index in [0.717, 1.165) is 44.1 Å². The Bertz CT molecular complexity index is 663. The van der Waals surface area contributed by atoms with Crippen molar-refractivity contribution < 1.29 is 9.90 Å². The molecule has 3 rings (SSSR count). The molecule has 0 unspecified atom stereocenters. The van der Waals surface area contributed by atoms with Crippen LogP contribution >= 0.6 is 11.3 Å². The van der Waals surface area contributed by atoms with Gasteiger partial charge >= 0.3 is 0 Å². The van der Waals surface area contributed by atoms with Gasteiger partial charge in [0.25, 0.3) is 0 Å². The highest BCUT2D eigenvalue weighted by molar-refractivity contribution is 7.13. The van der Waals surface area contributed by atoms with E-state index < -0.39 is 0 Å². The van der Waals surface area contributed by atoms with Crippen LogP contribution in [-0.2, 0) is 11.3 Å². The van der Waals surface area contributed by atoms with Crippen molar-refractivity contribution in [1.29, 1.82) is 0 Å². The number of nitrogens with one attached hydrogen (secondary N) is 1. The molecule has 2 aromatic rings. The Kier molecular flexibility index (Phi) is 4.78. The lowest BCUT2D eigenvalue weighted by atomic mass is 10.2. The van der Waals surface area contributed by atoms with Crippen molar-refractivity contribution in [1.82, 2.24) is 9.88 Å². The molecule has 0 bridgehead atoms. The molecule has 1 aliphatic heterocycles. The van der Waals surface area contributed by atoms with Crippen LogP contribution in [0.25, 0.3) is 0 Å². The number of amides is 1. The molecule has 2 heterocycles. The van der Waals surface area contributed by atoms with Crippen molar-refractivity contribution >= 4 is 28.1 Å². The number of hydrogen-bond donors (Lipinski definition) is 2. The van der Waals surface area contributed by atoms with Gasteiger partial charge in [-0.2, -0.15) is 0 Å². The third-order valence-corrected chi connectivity index (χ3v) is 4.61. The average Bonchev–Trinajstić information content (AvgIpc) is 2.95. The fourth-order valence-electron chi connectivity index (χ4n) is 2.64. The summed E-state index contributed by atoms with van der Waals surface area (Å²) in [5.74, 6) is 0.208. The Balaban J connectivity index is 1.52. The molecule has 1 saturated heterocycles. The second kappa shape index (κ2) is 6.97. The number of hydrogen-bond acceptors (Lipinski definition) is 6. The molecule has 7 heteroatoms. The van der Waals surface area contributed by atoms with Gasteiger partial charge < -0.3 is 15.3 Å². The number of piperazine rings is 1. The Morgan fingerprint density at radius 3 is 2.61 bits per heavy atom. The number of rotatable bonds is 4. The third-order valence-electron chi connectivity index (χ3n) is 3.81. The van der Waals surface area contributed by atoms with Gasteiger partial charge in [-0.05, 0) is 24.3 Å². The van der Waals surface area contributed by atoms with E-state index >= 15 is 0 Å². The van der Waals surface area contributed by atoms with E-state index in [1.165, 1.54) is 18.3 Å². The number of thiazole rings is 1. The zero-order chi connectivity index (χ0) is 16.2. The molecule has 0 saturated carbocycles. The molecule has 2 N–H and O–H groups in total. The second-order valence-electron chi connectivity index (χ2n) is 5.60. The standard InChI is InChI=1S/C16H20N4O2S/c1-12(21)17-16-18-13(11-23-16)10-19-6-8-20(9-7-19)14-2-4-15(22)5-3-14/h2-5,11,22H,6-10H2,1H3,(H,17,18,21). The summed E-state index contributed by atoms with van der Waals surface area (Å²) in [6.07, 6.45) is 0. The third kappa shape index (κ3) is 4.20. The van der Waals surface area contributed by atoms with Crippen molar-refractivity contribution in [2.45, 2.75) is 13.5 Å². The maximum Gasteiger partial charge on any atom is 0.223 e. The number of carbonyl (C=O) groups is 1. The fourth-order valence-corrected chi connectivity index (χ4v) is 3.39. The van der Waals surface area contributed by atoms with Crippen LogP contribution in [0.1, 0.15) is 12.6 Å². The number of aromatic hydroxyl groups is 1. The first-order chi connectivity index (χ1) is 11.1. The number of aromatic nitrogens is 1. The Hall–Kier alpha value is -2.12. The zero-order valence-corrected chi connectivity index (χ0v) is 13.8. The number of nitrogens with zero attached hydrogens (tertiary/aromatic N) is 3. The summed E-state index contributed by atoms with van der Waals surface area (Å²) in [6, 6.07) is 7.34. The highest BCUT2D eigenvalue weighted by Gasteiger charge is 2.18. The number of anilines is 2. The van der Waals surface area contributed by atoms with Gasteiger partial charge in [0.1, 0.15) is 5.75 Å². The number of phenolic OH excluding ortho intramolecular Hbond substituents is 1. The molecule has 0 radical (unpaired) electrons. The monoisotopic (exact) mass is 332 g/mol. The highest BCUT2D eigenvalue weighted by Crippen LogP contribution is 2.21. The minimum Gasteiger partial charge on any atom is -0.508 e. The molecular weight excluding hydrogens is 312 g/mol. The second-order valence-corrected chi connectivity index (χ2v) is 6.46. The van der Waals surface area contributed by atoms with Crippen LogP contribution in [0.15, 0.2) is 29.6 Å². The largest absolute Gasteiger partial charge is 0.508 e. The van der Waals surface area contributed by atoms with Crippen molar-refractivity contribution in [3.63, 3.8) is 0 Å². The van der Waals surface area contributed by atoms with Gasteiger partial charge in [-0.25, -0.2) is 4.98 Å². The summed E-state index contributed by atoms with van der Waals surface area (Å²) in [7, 11) is 0. The minimum absolute atomic E-state index is 0.0894. The van der Waals surface area contributed by atoms with Gasteiger partial charge in [-0.1, -0.05) is 0 Å². The Labute approximate surface area is 139 Å². The maximum absolute atomic E-state index is 11.0. The predicted octanol–water partition coefficient (Wildman–Crippen LogP) is 2.13. The van der Waals surface area contributed by atoms with E-state index in [1.54, 1.807) is 12.1 Å². The lowest BCUT2D eigenvalue weighted by Gasteiger charge is -2.35. The normalized spacial score (nSPS) is 15.6. The van der Waals surface area contributed by atoms with Crippen LogP contribution in [0.3, 0.4) is 0 Å². The van der Waals surface area contributed by atoms with Crippen LogP contribution in [-0.4, -0.2) is 47.1 Å². The summed E-state index contributed by atoms with van der Waals surface area (Å²) in [6.45, 7) is 6.13. The smallest absolute Gasteiger partial charge is 0.223 e. The summed E-state index contributed by atoms with van der Waals surface area (Å²) in [5.41, 5.74) is 2.14. The van der Waals surface area contributed by atoms with Gasteiger partial charge in [-0.15, -0.1) is 11.3 Å². The molecule has 0 spiro atoms.